The van der Waals surface area contributed by atoms with Crippen LogP contribution in [0.4, 0.5) is 0 Å². The average Bonchev–Trinajstić information content (AvgIpc) is 2.59. The fourth-order valence-corrected chi connectivity index (χ4v) is 2.10. The molecule has 4 heteroatoms. The standard InChI is InChI=1S/C9H10N2OS/c10-5-7(12)9-11-6-3-1-2-4-8(6)13-9/h1-4,7,12H,5,10H2/t7-/m0/s1. The molecule has 0 amide bonds. The van der Waals surface area contributed by atoms with Gasteiger partial charge in [0.05, 0.1) is 10.2 Å². The highest BCUT2D eigenvalue weighted by Crippen LogP contribution is 2.25. The van der Waals surface area contributed by atoms with Crippen molar-refractivity contribution in [3.05, 3.63) is 29.3 Å². The van der Waals surface area contributed by atoms with Gasteiger partial charge in [0.1, 0.15) is 11.1 Å². The Hall–Kier alpha value is -0.970. The number of benzene rings is 1. The SMILES string of the molecule is NC[C@H](O)c1nc2ccccc2s1. The summed E-state index contributed by atoms with van der Waals surface area (Å²) in [7, 11) is 0. The minimum Gasteiger partial charge on any atom is -0.385 e. The highest BCUT2D eigenvalue weighted by atomic mass is 32.1. The van der Waals surface area contributed by atoms with Crippen LogP contribution >= 0.6 is 11.3 Å². The monoisotopic (exact) mass is 194 g/mol. The molecule has 0 spiro atoms. The number of hydrogen-bond acceptors (Lipinski definition) is 4. The van der Waals surface area contributed by atoms with E-state index < -0.39 is 6.10 Å². The Labute approximate surface area is 79.8 Å². The first-order valence-electron chi connectivity index (χ1n) is 4.05. The predicted octanol–water partition coefficient (Wildman–Crippen LogP) is 1.29. The maximum absolute atomic E-state index is 9.45. The van der Waals surface area contributed by atoms with Gasteiger partial charge in [-0.05, 0) is 12.1 Å². The summed E-state index contributed by atoms with van der Waals surface area (Å²) < 4.78 is 1.09. The van der Waals surface area contributed by atoms with Gasteiger partial charge in [0.2, 0.25) is 0 Å². The number of aliphatic hydroxyl groups is 1. The number of nitrogens with zero attached hydrogens (tertiary/aromatic N) is 1. The van der Waals surface area contributed by atoms with Crippen LogP contribution in [0.5, 0.6) is 0 Å². The number of fused-ring (bicyclic) bond motifs is 1. The van der Waals surface area contributed by atoms with Gasteiger partial charge in [-0.15, -0.1) is 11.3 Å². The Kier molecular flexibility index (Phi) is 2.26. The molecule has 68 valence electrons. The zero-order valence-corrected chi connectivity index (χ0v) is 7.79. The van der Waals surface area contributed by atoms with Gasteiger partial charge in [0.25, 0.3) is 0 Å². The van der Waals surface area contributed by atoms with Gasteiger partial charge < -0.3 is 10.8 Å². The summed E-state index contributed by atoms with van der Waals surface area (Å²) in [6.07, 6.45) is -0.627. The Morgan fingerprint density at radius 1 is 1.46 bits per heavy atom. The van der Waals surface area contributed by atoms with E-state index in [-0.39, 0.29) is 6.54 Å². The highest BCUT2D eigenvalue weighted by Gasteiger charge is 2.10. The largest absolute Gasteiger partial charge is 0.385 e. The molecular formula is C9H10N2OS. The summed E-state index contributed by atoms with van der Waals surface area (Å²) in [6.45, 7) is 0.222. The smallest absolute Gasteiger partial charge is 0.124 e. The first kappa shape index (κ1) is 8.62. The Morgan fingerprint density at radius 2 is 2.23 bits per heavy atom. The van der Waals surface area contributed by atoms with E-state index in [9.17, 15) is 5.11 Å². The number of rotatable bonds is 2. The third kappa shape index (κ3) is 1.56. The van der Waals surface area contributed by atoms with Gasteiger partial charge in [0, 0.05) is 6.54 Å². The van der Waals surface area contributed by atoms with E-state index >= 15 is 0 Å². The minimum atomic E-state index is -0.627. The number of aromatic nitrogens is 1. The normalized spacial score (nSPS) is 13.4. The molecule has 3 N–H and O–H groups in total. The quantitative estimate of drug-likeness (QED) is 0.757. The van der Waals surface area contributed by atoms with Crippen LogP contribution in [0.2, 0.25) is 0 Å². The van der Waals surface area contributed by atoms with Gasteiger partial charge >= 0.3 is 0 Å². The van der Waals surface area contributed by atoms with Gasteiger partial charge in [-0.1, -0.05) is 12.1 Å². The lowest BCUT2D eigenvalue weighted by molar-refractivity contribution is 0.186. The van der Waals surface area contributed by atoms with E-state index in [0.29, 0.717) is 5.01 Å². The van der Waals surface area contributed by atoms with E-state index in [2.05, 4.69) is 4.98 Å². The van der Waals surface area contributed by atoms with Crippen LogP contribution in [0.1, 0.15) is 11.1 Å². The van der Waals surface area contributed by atoms with Gasteiger partial charge in [-0.25, -0.2) is 4.98 Å². The first-order chi connectivity index (χ1) is 6.31. The lowest BCUT2D eigenvalue weighted by Gasteiger charge is -2.00. The molecule has 13 heavy (non-hydrogen) atoms. The van der Waals surface area contributed by atoms with E-state index in [4.69, 9.17) is 5.73 Å². The van der Waals surface area contributed by atoms with Crippen LogP contribution in [-0.4, -0.2) is 16.6 Å². The van der Waals surface area contributed by atoms with Crippen molar-refractivity contribution in [3.63, 3.8) is 0 Å². The number of aliphatic hydroxyl groups excluding tert-OH is 1. The second-order valence-corrected chi connectivity index (χ2v) is 3.83. The second kappa shape index (κ2) is 3.41. The number of thiazole rings is 1. The molecule has 0 saturated carbocycles. The molecule has 0 radical (unpaired) electrons. The molecule has 0 aliphatic carbocycles. The Balaban J connectivity index is 2.49. The Bertz CT molecular complexity index is 380. The molecule has 1 atom stereocenters. The van der Waals surface area contributed by atoms with Crippen LogP contribution in [-0.2, 0) is 0 Å². The van der Waals surface area contributed by atoms with Crippen LogP contribution in [0.15, 0.2) is 24.3 Å². The van der Waals surface area contributed by atoms with Crippen molar-refractivity contribution in [2.75, 3.05) is 6.54 Å². The third-order valence-corrected chi connectivity index (χ3v) is 2.96. The fraction of sp³-hybridized carbons (Fsp3) is 0.222. The molecule has 0 aliphatic heterocycles. The molecule has 0 bridgehead atoms. The Morgan fingerprint density at radius 3 is 2.92 bits per heavy atom. The summed E-state index contributed by atoms with van der Waals surface area (Å²) in [5.74, 6) is 0. The zero-order valence-electron chi connectivity index (χ0n) is 6.97. The summed E-state index contributed by atoms with van der Waals surface area (Å²) in [5.41, 5.74) is 6.27. The van der Waals surface area contributed by atoms with Crippen molar-refractivity contribution in [1.82, 2.24) is 4.98 Å². The number of hydrogen-bond donors (Lipinski definition) is 2. The summed E-state index contributed by atoms with van der Waals surface area (Å²) >= 11 is 1.49. The average molecular weight is 194 g/mol. The van der Waals surface area contributed by atoms with Crippen LogP contribution in [0.25, 0.3) is 10.2 Å². The number of para-hydroxylation sites is 1. The van der Waals surface area contributed by atoms with Crippen molar-refractivity contribution in [3.8, 4) is 0 Å². The van der Waals surface area contributed by atoms with E-state index in [1.807, 2.05) is 24.3 Å². The highest BCUT2D eigenvalue weighted by molar-refractivity contribution is 7.18. The third-order valence-electron chi connectivity index (χ3n) is 1.82. The molecule has 3 nitrogen and oxygen atoms in total. The first-order valence-corrected chi connectivity index (χ1v) is 4.86. The van der Waals surface area contributed by atoms with Crippen molar-refractivity contribution in [2.24, 2.45) is 5.73 Å². The lowest BCUT2D eigenvalue weighted by atomic mass is 10.3. The second-order valence-electron chi connectivity index (χ2n) is 2.77. The van der Waals surface area contributed by atoms with E-state index in [1.165, 1.54) is 11.3 Å². The topological polar surface area (TPSA) is 59.1 Å². The van der Waals surface area contributed by atoms with Crippen molar-refractivity contribution in [2.45, 2.75) is 6.10 Å². The molecule has 1 aromatic carbocycles. The molecule has 2 aromatic rings. The molecule has 2 rings (SSSR count). The summed E-state index contributed by atoms with van der Waals surface area (Å²) in [5, 5.41) is 10.2. The van der Waals surface area contributed by atoms with Gasteiger partial charge in [-0.2, -0.15) is 0 Å². The molecule has 1 heterocycles. The van der Waals surface area contributed by atoms with E-state index in [0.717, 1.165) is 10.2 Å². The van der Waals surface area contributed by atoms with Gasteiger partial charge in [0.15, 0.2) is 0 Å². The summed E-state index contributed by atoms with van der Waals surface area (Å²) in [4.78, 5) is 4.27. The molecule has 0 fully saturated rings. The van der Waals surface area contributed by atoms with Crippen LogP contribution in [0.3, 0.4) is 0 Å². The van der Waals surface area contributed by atoms with Crippen LogP contribution in [0, 0.1) is 0 Å². The van der Waals surface area contributed by atoms with Crippen molar-refractivity contribution >= 4 is 21.6 Å². The predicted molar refractivity (Wildman–Crippen MR) is 53.6 cm³/mol. The van der Waals surface area contributed by atoms with Gasteiger partial charge in [-0.3, -0.25) is 0 Å². The maximum Gasteiger partial charge on any atom is 0.124 e. The van der Waals surface area contributed by atoms with Crippen molar-refractivity contribution in [1.29, 1.82) is 0 Å². The van der Waals surface area contributed by atoms with Crippen LogP contribution < -0.4 is 5.73 Å². The molecule has 1 aromatic heterocycles. The number of nitrogens with two attached hydrogens (primary N) is 1. The zero-order chi connectivity index (χ0) is 9.26. The lowest BCUT2D eigenvalue weighted by Crippen LogP contribution is -2.10. The molecule has 0 saturated heterocycles. The van der Waals surface area contributed by atoms with E-state index in [1.54, 1.807) is 0 Å². The minimum absolute atomic E-state index is 0.222. The maximum atomic E-state index is 9.45. The summed E-state index contributed by atoms with van der Waals surface area (Å²) in [6, 6.07) is 7.80. The van der Waals surface area contributed by atoms with Crippen molar-refractivity contribution < 1.29 is 5.11 Å². The molecular weight excluding hydrogens is 184 g/mol. The molecule has 0 unspecified atom stereocenters. The fourth-order valence-electron chi connectivity index (χ4n) is 1.13. The molecule has 0 aliphatic rings.